The van der Waals surface area contributed by atoms with Gasteiger partial charge in [0.1, 0.15) is 11.6 Å². The summed E-state index contributed by atoms with van der Waals surface area (Å²) in [5, 5.41) is 0. The highest BCUT2D eigenvalue weighted by Gasteiger charge is 2.53. The number of carbonyl (C=O) groups is 1. The lowest BCUT2D eigenvalue weighted by Gasteiger charge is -2.24. The fourth-order valence-electron chi connectivity index (χ4n) is 4.77. The van der Waals surface area contributed by atoms with Crippen molar-refractivity contribution in [1.29, 1.82) is 0 Å². The fraction of sp³-hybridized carbons (Fsp3) is 0.565. The molecule has 3 aliphatic rings. The van der Waals surface area contributed by atoms with E-state index in [4.69, 9.17) is 4.74 Å². The predicted molar refractivity (Wildman–Crippen MR) is 108 cm³/mol. The molecule has 0 radical (unpaired) electrons. The minimum absolute atomic E-state index is 0.286. The van der Waals surface area contributed by atoms with Crippen molar-refractivity contribution in [3.8, 4) is 5.75 Å². The summed E-state index contributed by atoms with van der Waals surface area (Å²) in [5.41, 5.74) is 2.11. The van der Waals surface area contributed by atoms with Gasteiger partial charge in [-0.05, 0) is 62.6 Å². The monoisotopic (exact) mass is 379 g/mol. The number of aryl methyl sites for hydroxylation is 1. The molecule has 1 amide bonds. The van der Waals surface area contributed by atoms with Gasteiger partial charge in [0.15, 0.2) is 0 Å². The molecule has 5 heteroatoms. The summed E-state index contributed by atoms with van der Waals surface area (Å²) >= 11 is 0. The fourth-order valence-corrected chi connectivity index (χ4v) is 4.77. The summed E-state index contributed by atoms with van der Waals surface area (Å²) in [6.07, 6.45) is 7.57. The molecule has 0 N–H and O–H groups in total. The number of likely N-dealkylation sites (tertiary alicyclic amines) is 1. The number of hydrogen-bond donors (Lipinski definition) is 0. The Hall–Kier alpha value is -2.30. The van der Waals surface area contributed by atoms with Crippen LogP contribution in [-0.4, -0.2) is 40.6 Å². The van der Waals surface area contributed by atoms with Crippen molar-refractivity contribution in [2.75, 3.05) is 20.2 Å². The van der Waals surface area contributed by atoms with Crippen LogP contribution in [0.1, 0.15) is 55.1 Å². The molecule has 1 aromatic heterocycles. The van der Waals surface area contributed by atoms with Gasteiger partial charge in [0.05, 0.1) is 12.5 Å². The van der Waals surface area contributed by atoms with Crippen LogP contribution in [0.5, 0.6) is 5.75 Å². The quantitative estimate of drug-likeness (QED) is 0.770. The molecule has 1 aliphatic heterocycles. The van der Waals surface area contributed by atoms with Gasteiger partial charge >= 0.3 is 0 Å². The second kappa shape index (κ2) is 6.64. The third kappa shape index (κ3) is 3.01. The van der Waals surface area contributed by atoms with Crippen LogP contribution in [0.15, 0.2) is 30.5 Å². The lowest BCUT2D eigenvalue weighted by molar-refractivity contribution is -0.133. The van der Waals surface area contributed by atoms with Crippen molar-refractivity contribution in [2.24, 2.45) is 5.92 Å². The molecule has 28 heavy (non-hydrogen) atoms. The maximum Gasteiger partial charge on any atom is 0.233 e. The van der Waals surface area contributed by atoms with Gasteiger partial charge < -0.3 is 14.2 Å². The van der Waals surface area contributed by atoms with E-state index >= 15 is 0 Å². The van der Waals surface area contributed by atoms with Gasteiger partial charge in [-0.2, -0.15) is 0 Å². The van der Waals surface area contributed by atoms with E-state index in [9.17, 15) is 4.79 Å². The molecule has 1 atom stereocenters. The number of aromatic nitrogens is 2. The number of methoxy groups -OCH3 is 1. The van der Waals surface area contributed by atoms with E-state index in [1.165, 1.54) is 24.4 Å². The van der Waals surface area contributed by atoms with Crippen molar-refractivity contribution in [2.45, 2.75) is 56.9 Å². The van der Waals surface area contributed by atoms with Crippen LogP contribution in [0, 0.1) is 12.8 Å². The van der Waals surface area contributed by atoms with Crippen LogP contribution in [0.2, 0.25) is 0 Å². The minimum Gasteiger partial charge on any atom is -0.497 e. The molecule has 2 aliphatic carbocycles. The molecule has 1 unspecified atom stereocenters. The standard InChI is InChI=1S/C23H29N3O2/c1-16-13-24-21(18-3-4-18)26(16)15-17-9-12-25(14-17)22(27)23(10-11-23)19-5-7-20(28-2)8-6-19/h5-8,13,17-18H,3-4,9-12,14-15H2,1-2H3. The van der Waals surface area contributed by atoms with Gasteiger partial charge in [-0.3, -0.25) is 4.79 Å². The number of ether oxygens (including phenoxy) is 1. The van der Waals surface area contributed by atoms with Crippen LogP contribution in [0.25, 0.3) is 0 Å². The van der Waals surface area contributed by atoms with Crippen LogP contribution >= 0.6 is 0 Å². The van der Waals surface area contributed by atoms with E-state index in [1.807, 2.05) is 18.3 Å². The molecule has 2 aromatic rings. The van der Waals surface area contributed by atoms with E-state index < -0.39 is 0 Å². The lowest BCUT2D eigenvalue weighted by Crippen LogP contribution is -2.38. The largest absolute Gasteiger partial charge is 0.497 e. The molecule has 1 saturated heterocycles. The van der Waals surface area contributed by atoms with E-state index in [1.54, 1.807) is 7.11 Å². The number of nitrogens with zero attached hydrogens (tertiary/aromatic N) is 3. The third-order valence-corrected chi connectivity index (χ3v) is 6.84. The lowest BCUT2D eigenvalue weighted by atomic mass is 9.94. The van der Waals surface area contributed by atoms with Gasteiger partial charge in [-0.1, -0.05) is 12.1 Å². The highest BCUT2D eigenvalue weighted by atomic mass is 16.5. The average Bonchev–Trinajstić information content (AvgIpc) is 3.64. The Labute approximate surface area is 166 Å². The zero-order valence-electron chi connectivity index (χ0n) is 16.9. The Morgan fingerprint density at radius 3 is 2.61 bits per heavy atom. The Bertz CT molecular complexity index is 878. The van der Waals surface area contributed by atoms with Crippen LogP contribution in [0.3, 0.4) is 0 Å². The molecule has 5 nitrogen and oxygen atoms in total. The summed E-state index contributed by atoms with van der Waals surface area (Å²) in [6.45, 7) is 4.91. The van der Waals surface area contributed by atoms with E-state index in [2.05, 4.69) is 33.5 Å². The summed E-state index contributed by atoms with van der Waals surface area (Å²) in [7, 11) is 1.67. The molecule has 3 fully saturated rings. The Balaban J connectivity index is 1.27. The maximum absolute atomic E-state index is 13.4. The van der Waals surface area contributed by atoms with Crippen LogP contribution in [0.4, 0.5) is 0 Å². The van der Waals surface area contributed by atoms with Gasteiger partial charge in [-0.15, -0.1) is 0 Å². The third-order valence-electron chi connectivity index (χ3n) is 6.84. The summed E-state index contributed by atoms with van der Waals surface area (Å²) in [5.74, 6) is 3.62. The highest BCUT2D eigenvalue weighted by Crippen LogP contribution is 2.50. The normalized spacial score (nSPS) is 23.1. The smallest absolute Gasteiger partial charge is 0.233 e. The first kappa shape index (κ1) is 17.8. The summed E-state index contributed by atoms with van der Waals surface area (Å²) in [6, 6.07) is 8.06. The number of hydrogen-bond acceptors (Lipinski definition) is 3. The van der Waals surface area contributed by atoms with Gasteiger partial charge in [0, 0.05) is 37.4 Å². The predicted octanol–water partition coefficient (Wildman–Crippen LogP) is 3.66. The Morgan fingerprint density at radius 2 is 1.96 bits per heavy atom. The summed E-state index contributed by atoms with van der Waals surface area (Å²) < 4.78 is 7.67. The molecule has 1 aromatic carbocycles. The molecular formula is C23H29N3O2. The molecular weight excluding hydrogens is 350 g/mol. The van der Waals surface area contributed by atoms with E-state index in [-0.39, 0.29) is 5.41 Å². The van der Waals surface area contributed by atoms with Gasteiger partial charge in [-0.25, -0.2) is 4.98 Å². The molecule has 2 heterocycles. The maximum atomic E-state index is 13.4. The van der Waals surface area contributed by atoms with Gasteiger partial charge in [0.25, 0.3) is 0 Å². The Morgan fingerprint density at radius 1 is 1.21 bits per heavy atom. The van der Waals surface area contributed by atoms with Crippen molar-refractivity contribution in [1.82, 2.24) is 14.5 Å². The van der Waals surface area contributed by atoms with Crippen LogP contribution < -0.4 is 4.74 Å². The first-order valence-corrected chi connectivity index (χ1v) is 10.6. The van der Waals surface area contributed by atoms with Crippen LogP contribution in [-0.2, 0) is 16.8 Å². The van der Waals surface area contributed by atoms with Crippen molar-refractivity contribution >= 4 is 5.91 Å². The number of amides is 1. The second-order valence-corrected chi connectivity index (χ2v) is 8.86. The average molecular weight is 380 g/mol. The highest BCUT2D eigenvalue weighted by molar-refractivity contribution is 5.91. The zero-order chi connectivity index (χ0) is 19.3. The first-order chi connectivity index (χ1) is 13.6. The van der Waals surface area contributed by atoms with E-state index in [0.29, 0.717) is 17.7 Å². The number of rotatable bonds is 6. The molecule has 0 bridgehead atoms. The van der Waals surface area contributed by atoms with E-state index in [0.717, 1.165) is 50.2 Å². The molecule has 5 rings (SSSR count). The first-order valence-electron chi connectivity index (χ1n) is 10.6. The molecule has 148 valence electrons. The minimum atomic E-state index is -0.286. The van der Waals surface area contributed by atoms with Crippen molar-refractivity contribution in [3.63, 3.8) is 0 Å². The van der Waals surface area contributed by atoms with Gasteiger partial charge in [0.2, 0.25) is 5.91 Å². The number of benzene rings is 1. The number of carbonyl (C=O) groups excluding carboxylic acids is 1. The Kier molecular flexibility index (Phi) is 4.22. The molecule has 2 saturated carbocycles. The summed E-state index contributed by atoms with van der Waals surface area (Å²) in [4.78, 5) is 20.1. The van der Waals surface area contributed by atoms with Crippen molar-refractivity contribution in [3.05, 3.63) is 47.5 Å². The number of imidazole rings is 1. The SMILES string of the molecule is COc1ccc(C2(C(=O)N3CCC(Cn4c(C)cnc4C4CC4)C3)CC2)cc1. The molecule has 0 spiro atoms. The van der Waals surface area contributed by atoms with Crippen molar-refractivity contribution < 1.29 is 9.53 Å². The zero-order valence-corrected chi connectivity index (χ0v) is 16.9. The second-order valence-electron chi connectivity index (χ2n) is 8.86. The topological polar surface area (TPSA) is 47.4 Å².